The minimum Gasteiger partial charge on any atom is -0.363 e. The van der Waals surface area contributed by atoms with Gasteiger partial charge >= 0.3 is 0 Å². The third-order valence-electron chi connectivity index (χ3n) is 6.09. The molecule has 1 fully saturated rings. The molecule has 1 aliphatic rings. The van der Waals surface area contributed by atoms with Gasteiger partial charge in [0.05, 0.1) is 23.8 Å². The average Bonchev–Trinajstić information content (AvgIpc) is 2.83. The molecule has 0 radical (unpaired) electrons. The normalized spacial score (nSPS) is 16.0. The van der Waals surface area contributed by atoms with Gasteiger partial charge in [0.15, 0.2) is 5.82 Å². The number of anilines is 1. The van der Waals surface area contributed by atoms with E-state index in [2.05, 4.69) is 4.98 Å². The summed E-state index contributed by atoms with van der Waals surface area (Å²) < 4.78 is 0. The number of pyridine rings is 1. The van der Waals surface area contributed by atoms with Crippen molar-refractivity contribution in [1.29, 1.82) is 0 Å². The van der Waals surface area contributed by atoms with Gasteiger partial charge in [-0.05, 0) is 43.5 Å². The van der Waals surface area contributed by atoms with Crippen LogP contribution in [0.1, 0.15) is 54.1 Å². The van der Waals surface area contributed by atoms with E-state index < -0.39 is 0 Å². The fourth-order valence-corrected chi connectivity index (χ4v) is 4.13. The van der Waals surface area contributed by atoms with Crippen LogP contribution in [0.25, 0.3) is 10.9 Å². The second-order valence-electron chi connectivity index (χ2n) is 8.77. The van der Waals surface area contributed by atoms with E-state index in [9.17, 15) is 9.59 Å². The highest BCUT2D eigenvalue weighted by atomic mass is 16.2. The first-order chi connectivity index (χ1) is 15.8. The number of hydrogen-bond acceptors (Lipinski definition) is 6. The number of aromatic nitrogens is 3. The van der Waals surface area contributed by atoms with Crippen LogP contribution in [0, 0.1) is 0 Å². The van der Waals surface area contributed by atoms with Gasteiger partial charge in [-0.15, -0.1) is 0 Å². The molecule has 0 spiro atoms. The molecule has 1 aliphatic heterocycles. The summed E-state index contributed by atoms with van der Waals surface area (Å²) in [5.74, 6) is 1.35. The lowest BCUT2D eigenvalue weighted by Gasteiger charge is -2.35. The van der Waals surface area contributed by atoms with Gasteiger partial charge in [-0.2, -0.15) is 0 Å². The first-order valence-corrected chi connectivity index (χ1v) is 11.3. The molecule has 1 aromatic carbocycles. The van der Waals surface area contributed by atoms with E-state index in [1.807, 2.05) is 60.3 Å². The van der Waals surface area contributed by atoms with Crippen molar-refractivity contribution in [3.63, 3.8) is 0 Å². The molecule has 8 heteroatoms. The lowest BCUT2D eigenvalue weighted by Crippen LogP contribution is -2.39. The highest BCUT2D eigenvalue weighted by molar-refractivity contribution is 5.98. The summed E-state index contributed by atoms with van der Waals surface area (Å²) in [7, 11) is 5.61. The number of benzene rings is 1. The molecule has 1 saturated heterocycles. The Balaban J connectivity index is 1.69. The Hall–Kier alpha value is -3.55. The molecular weight excluding hydrogens is 416 g/mol. The Labute approximate surface area is 194 Å². The number of hydrogen-bond donors (Lipinski definition) is 0. The Kier molecular flexibility index (Phi) is 6.53. The topological polar surface area (TPSA) is 82.5 Å². The number of piperidine rings is 1. The summed E-state index contributed by atoms with van der Waals surface area (Å²) in [5.41, 5.74) is 2.27. The van der Waals surface area contributed by atoms with Crippen LogP contribution in [-0.2, 0) is 11.3 Å². The quantitative estimate of drug-likeness (QED) is 0.597. The summed E-state index contributed by atoms with van der Waals surface area (Å²) in [4.78, 5) is 44.7. The predicted molar refractivity (Wildman–Crippen MR) is 128 cm³/mol. The van der Waals surface area contributed by atoms with Crippen LogP contribution < -0.4 is 4.90 Å². The molecule has 0 aliphatic carbocycles. The summed E-state index contributed by atoms with van der Waals surface area (Å²) >= 11 is 0. The molecule has 0 N–H and O–H groups in total. The van der Waals surface area contributed by atoms with Gasteiger partial charge in [-0.3, -0.25) is 14.6 Å². The molecule has 0 unspecified atom stereocenters. The van der Waals surface area contributed by atoms with Crippen LogP contribution in [0.5, 0.6) is 0 Å². The van der Waals surface area contributed by atoms with Gasteiger partial charge < -0.3 is 14.7 Å². The van der Waals surface area contributed by atoms with E-state index in [0.717, 1.165) is 41.7 Å². The largest absolute Gasteiger partial charge is 0.363 e. The van der Waals surface area contributed by atoms with E-state index in [1.54, 1.807) is 18.1 Å². The summed E-state index contributed by atoms with van der Waals surface area (Å²) in [6, 6.07) is 11.2. The maximum absolute atomic E-state index is 13.6. The fraction of sp³-hybridized carbons (Fsp3) is 0.400. The van der Waals surface area contributed by atoms with Crippen molar-refractivity contribution < 1.29 is 9.59 Å². The Morgan fingerprint density at radius 2 is 1.91 bits per heavy atom. The Morgan fingerprint density at radius 3 is 2.67 bits per heavy atom. The highest BCUT2D eigenvalue weighted by Gasteiger charge is 2.31. The smallest absolute Gasteiger partial charge is 0.254 e. The molecule has 33 heavy (non-hydrogen) atoms. The SMILES string of the molecule is CC(=O)N(C)Cc1cc(N(C)C)nc([C@@H]2CCCCN2C(=O)c2ccc3ncccc3c2)n1. The van der Waals surface area contributed by atoms with E-state index in [4.69, 9.17) is 9.97 Å². The highest BCUT2D eigenvalue weighted by Crippen LogP contribution is 2.32. The lowest BCUT2D eigenvalue weighted by molar-refractivity contribution is -0.128. The zero-order valence-corrected chi connectivity index (χ0v) is 19.7. The van der Waals surface area contributed by atoms with Crippen LogP contribution in [0.3, 0.4) is 0 Å². The molecule has 2 amide bonds. The van der Waals surface area contributed by atoms with E-state index in [1.165, 1.54) is 6.92 Å². The number of fused-ring (bicyclic) bond motifs is 1. The van der Waals surface area contributed by atoms with Crippen LogP contribution in [0.2, 0.25) is 0 Å². The zero-order chi connectivity index (χ0) is 23.5. The van der Waals surface area contributed by atoms with Gasteiger partial charge in [0.1, 0.15) is 5.82 Å². The maximum Gasteiger partial charge on any atom is 0.254 e. The Bertz CT molecular complexity index is 1180. The number of nitrogens with zero attached hydrogens (tertiary/aromatic N) is 6. The predicted octanol–water partition coefficient (Wildman–Crippen LogP) is 3.44. The van der Waals surface area contributed by atoms with Crippen molar-refractivity contribution in [3.05, 3.63) is 59.7 Å². The summed E-state index contributed by atoms with van der Waals surface area (Å²) in [6.45, 7) is 2.59. The summed E-state index contributed by atoms with van der Waals surface area (Å²) in [5, 5.41) is 0.942. The minimum absolute atomic E-state index is 0.0216. The van der Waals surface area contributed by atoms with E-state index >= 15 is 0 Å². The third-order valence-corrected chi connectivity index (χ3v) is 6.09. The van der Waals surface area contributed by atoms with Crippen molar-refractivity contribution in [2.75, 3.05) is 32.6 Å². The number of rotatable bonds is 5. The molecule has 8 nitrogen and oxygen atoms in total. The van der Waals surface area contributed by atoms with Crippen LogP contribution in [0.4, 0.5) is 5.82 Å². The molecule has 2 aromatic heterocycles. The standard InChI is InChI=1S/C25H30N6O2/c1-17(32)30(4)16-20-15-23(29(2)3)28-24(27-20)22-9-5-6-13-31(22)25(33)19-10-11-21-18(14-19)8-7-12-26-21/h7-8,10-12,14-15,22H,5-6,9,13,16H2,1-4H3/t22-/m0/s1. The van der Waals surface area contributed by atoms with E-state index in [0.29, 0.717) is 24.5 Å². The Morgan fingerprint density at radius 1 is 1.09 bits per heavy atom. The van der Waals surface area contributed by atoms with Crippen LogP contribution in [0.15, 0.2) is 42.6 Å². The van der Waals surface area contributed by atoms with E-state index in [-0.39, 0.29) is 17.9 Å². The lowest BCUT2D eigenvalue weighted by atomic mass is 9.99. The van der Waals surface area contributed by atoms with Crippen molar-refractivity contribution in [1.82, 2.24) is 24.8 Å². The zero-order valence-electron chi connectivity index (χ0n) is 19.7. The van der Waals surface area contributed by atoms with Gasteiger partial charge in [0.25, 0.3) is 5.91 Å². The molecule has 3 heterocycles. The molecule has 3 aromatic rings. The number of carbonyl (C=O) groups excluding carboxylic acids is 2. The average molecular weight is 447 g/mol. The maximum atomic E-state index is 13.6. The first-order valence-electron chi connectivity index (χ1n) is 11.3. The second-order valence-corrected chi connectivity index (χ2v) is 8.77. The molecule has 4 rings (SSSR count). The second kappa shape index (κ2) is 9.52. The van der Waals surface area contributed by atoms with Crippen molar-refractivity contribution in [2.45, 2.75) is 38.8 Å². The van der Waals surface area contributed by atoms with Gasteiger partial charge in [0.2, 0.25) is 5.91 Å². The van der Waals surface area contributed by atoms with Crippen molar-refractivity contribution >= 4 is 28.5 Å². The molecule has 1 atom stereocenters. The van der Waals surface area contributed by atoms with Gasteiger partial charge in [-0.25, -0.2) is 9.97 Å². The summed E-state index contributed by atoms with van der Waals surface area (Å²) in [6.07, 6.45) is 4.51. The molecule has 0 bridgehead atoms. The van der Waals surface area contributed by atoms with Gasteiger partial charge in [-0.1, -0.05) is 6.07 Å². The molecular formula is C25H30N6O2. The fourth-order valence-electron chi connectivity index (χ4n) is 4.13. The molecule has 0 saturated carbocycles. The third kappa shape index (κ3) is 4.94. The first kappa shape index (κ1) is 22.6. The minimum atomic E-state index is -0.211. The number of carbonyl (C=O) groups is 2. The van der Waals surface area contributed by atoms with Crippen LogP contribution >= 0.6 is 0 Å². The number of amides is 2. The van der Waals surface area contributed by atoms with Crippen molar-refractivity contribution in [3.8, 4) is 0 Å². The monoisotopic (exact) mass is 446 g/mol. The molecule has 172 valence electrons. The number of likely N-dealkylation sites (tertiary alicyclic amines) is 1. The van der Waals surface area contributed by atoms with Crippen molar-refractivity contribution in [2.24, 2.45) is 0 Å². The van der Waals surface area contributed by atoms with Crippen LogP contribution in [-0.4, -0.2) is 64.3 Å². The van der Waals surface area contributed by atoms with Gasteiger partial charge in [0, 0.05) is 57.8 Å².